The minimum absolute atomic E-state index is 0.0185. The number of carbonyl (C=O) groups excluding carboxylic acids is 3. The SMILES string of the molecule is C[C@]12CCC(=O)C=C1CC[C@H]1[C@H]2[C@H](O)C[C@@]2(C)[C@@H]1CC[C@]2(O)C(=O)COC(=O)CCC(=O)O. The van der Waals surface area contributed by atoms with Crippen LogP contribution in [-0.4, -0.2) is 57.1 Å². The van der Waals surface area contributed by atoms with Gasteiger partial charge in [-0.25, -0.2) is 0 Å². The molecule has 8 heteroatoms. The number of fused-ring (bicyclic) bond motifs is 5. The van der Waals surface area contributed by atoms with E-state index in [1.165, 1.54) is 0 Å². The van der Waals surface area contributed by atoms with E-state index in [2.05, 4.69) is 6.92 Å². The van der Waals surface area contributed by atoms with Crippen molar-refractivity contribution in [1.29, 1.82) is 0 Å². The van der Waals surface area contributed by atoms with Crippen LogP contribution < -0.4 is 0 Å². The van der Waals surface area contributed by atoms with Crippen molar-refractivity contribution >= 4 is 23.5 Å². The van der Waals surface area contributed by atoms with Gasteiger partial charge < -0.3 is 20.1 Å². The normalized spacial score (nSPS) is 41.9. The van der Waals surface area contributed by atoms with Crippen molar-refractivity contribution in [1.82, 2.24) is 0 Å². The molecule has 0 aromatic heterocycles. The number of hydrogen-bond acceptors (Lipinski definition) is 7. The van der Waals surface area contributed by atoms with Gasteiger partial charge in [-0.15, -0.1) is 0 Å². The van der Waals surface area contributed by atoms with Gasteiger partial charge in [-0.1, -0.05) is 19.4 Å². The van der Waals surface area contributed by atoms with Crippen LogP contribution in [-0.2, 0) is 23.9 Å². The average Bonchev–Trinajstić information content (AvgIpc) is 3.02. The predicted molar refractivity (Wildman–Crippen MR) is 116 cm³/mol. The van der Waals surface area contributed by atoms with Crippen LogP contribution in [0.25, 0.3) is 0 Å². The van der Waals surface area contributed by atoms with Crippen LogP contribution in [0.15, 0.2) is 11.6 Å². The highest BCUT2D eigenvalue weighted by molar-refractivity contribution is 5.92. The van der Waals surface area contributed by atoms with E-state index >= 15 is 0 Å². The van der Waals surface area contributed by atoms with Crippen LogP contribution in [0.2, 0.25) is 0 Å². The van der Waals surface area contributed by atoms with Gasteiger partial charge in [0.05, 0.1) is 18.9 Å². The van der Waals surface area contributed by atoms with Crippen molar-refractivity contribution in [3.63, 3.8) is 0 Å². The third-order valence-corrected chi connectivity index (χ3v) is 9.42. The molecule has 4 rings (SSSR count). The number of carboxylic acid groups (broad SMARTS) is 1. The van der Waals surface area contributed by atoms with E-state index < -0.39 is 41.4 Å². The molecule has 0 radical (unpaired) electrons. The molecule has 3 N–H and O–H groups in total. The second-order valence-corrected chi connectivity index (χ2v) is 11.0. The van der Waals surface area contributed by atoms with Gasteiger partial charge in [0.2, 0.25) is 5.78 Å². The smallest absolute Gasteiger partial charge is 0.306 e. The van der Waals surface area contributed by atoms with Crippen molar-refractivity contribution in [2.75, 3.05) is 6.61 Å². The monoisotopic (exact) mass is 462 g/mol. The Hall–Kier alpha value is -2.06. The molecule has 0 unspecified atom stereocenters. The summed E-state index contributed by atoms with van der Waals surface area (Å²) in [5.74, 6) is -2.20. The topological polar surface area (TPSA) is 138 Å². The highest BCUT2D eigenvalue weighted by Gasteiger charge is 2.68. The van der Waals surface area contributed by atoms with Crippen LogP contribution in [0.1, 0.15) is 71.6 Å². The number of aliphatic hydroxyl groups excluding tert-OH is 1. The van der Waals surface area contributed by atoms with Gasteiger partial charge in [-0.05, 0) is 67.8 Å². The van der Waals surface area contributed by atoms with Crippen molar-refractivity contribution in [3.8, 4) is 0 Å². The zero-order chi connectivity index (χ0) is 24.2. The van der Waals surface area contributed by atoms with E-state index in [0.717, 1.165) is 24.8 Å². The zero-order valence-electron chi connectivity index (χ0n) is 19.3. The minimum atomic E-state index is -1.71. The molecule has 182 valence electrons. The van der Waals surface area contributed by atoms with E-state index in [0.29, 0.717) is 12.8 Å². The summed E-state index contributed by atoms with van der Waals surface area (Å²) in [5, 5.41) is 31.6. The molecule has 0 aromatic carbocycles. The number of ketones is 2. The van der Waals surface area contributed by atoms with Gasteiger partial charge in [0.15, 0.2) is 12.4 Å². The summed E-state index contributed by atoms with van der Waals surface area (Å²) in [7, 11) is 0. The van der Waals surface area contributed by atoms with E-state index in [9.17, 15) is 29.4 Å². The number of carboxylic acids is 1. The summed E-state index contributed by atoms with van der Waals surface area (Å²) >= 11 is 0. The fourth-order valence-electron chi connectivity index (χ4n) is 7.70. The maximum absolute atomic E-state index is 13.1. The van der Waals surface area contributed by atoms with Crippen LogP contribution in [0.5, 0.6) is 0 Å². The van der Waals surface area contributed by atoms with Crippen molar-refractivity contribution in [2.45, 2.75) is 83.3 Å². The van der Waals surface area contributed by atoms with Crippen molar-refractivity contribution in [2.24, 2.45) is 28.6 Å². The van der Waals surface area contributed by atoms with Gasteiger partial charge in [-0.2, -0.15) is 0 Å². The quantitative estimate of drug-likeness (QED) is 0.511. The molecular formula is C25H34O8. The van der Waals surface area contributed by atoms with E-state index in [1.807, 2.05) is 6.92 Å². The third-order valence-electron chi connectivity index (χ3n) is 9.42. The standard InChI is InChI=1S/C25H34O8/c1-23-9-7-15(26)11-14(23)3-4-16-17-8-10-25(32,24(17,2)12-18(27)22(16)23)19(28)13-33-21(31)6-5-20(29)30/h11,16-18,22,27,32H,3-10,12-13H2,1-2H3,(H,29,30)/t16-,17-,18-,22+,23+,24+,25+/m1/s1. The fourth-order valence-corrected chi connectivity index (χ4v) is 7.70. The Kier molecular flexibility index (Phi) is 6.06. The van der Waals surface area contributed by atoms with Gasteiger partial charge >= 0.3 is 11.9 Å². The zero-order valence-corrected chi connectivity index (χ0v) is 19.3. The molecule has 0 bridgehead atoms. The first-order chi connectivity index (χ1) is 15.4. The maximum Gasteiger partial charge on any atom is 0.306 e. The van der Waals surface area contributed by atoms with Crippen LogP contribution in [0.4, 0.5) is 0 Å². The number of carbonyl (C=O) groups is 4. The number of esters is 1. The molecule has 3 fully saturated rings. The summed E-state index contributed by atoms with van der Waals surface area (Å²) in [4.78, 5) is 47.5. The Morgan fingerprint density at radius 3 is 2.55 bits per heavy atom. The first kappa shape index (κ1) is 24.1. The van der Waals surface area contributed by atoms with E-state index in [1.54, 1.807) is 6.08 Å². The summed E-state index contributed by atoms with van der Waals surface area (Å²) < 4.78 is 4.97. The van der Waals surface area contributed by atoms with Gasteiger partial charge in [0.1, 0.15) is 5.60 Å². The largest absolute Gasteiger partial charge is 0.481 e. The van der Waals surface area contributed by atoms with Crippen molar-refractivity contribution in [3.05, 3.63) is 11.6 Å². The van der Waals surface area contributed by atoms with E-state index in [4.69, 9.17) is 9.84 Å². The average molecular weight is 463 g/mol. The molecule has 8 nitrogen and oxygen atoms in total. The second kappa shape index (κ2) is 8.31. The molecule has 0 aliphatic heterocycles. The number of allylic oxidation sites excluding steroid dienone is 1. The van der Waals surface area contributed by atoms with Crippen LogP contribution in [0.3, 0.4) is 0 Å². The molecule has 0 heterocycles. The molecule has 0 amide bonds. The Bertz CT molecular complexity index is 908. The molecule has 3 saturated carbocycles. The first-order valence-corrected chi connectivity index (χ1v) is 12.0. The third kappa shape index (κ3) is 3.75. The summed E-state index contributed by atoms with van der Waals surface area (Å²) in [6.45, 7) is 3.41. The number of rotatable bonds is 6. The molecule has 33 heavy (non-hydrogen) atoms. The van der Waals surface area contributed by atoms with E-state index in [-0.39, 0.29) is 54.6 Å². The Morgan fingerprint density at radius 2 is 1.85 bits per heavy atom. The van der Waals surface area contributed by atoms with Gasteiger partial charge in [-0.3, -0.25) is 19.2 Å². The molecular weight excluding hydrogens is 428 g/mol. The molecule has 0 spiro atoms. The Labute approximate surface area is 193 Å². The molecule has 0 saturated heterocycles. The number of hydrogen-bond donors (Lipinski definition) is 3. The highest BCUT2D eigenvalue weighted by Crippen LogP contribution is 2.67. The predicted octanol–water partition coefficient (Wildman–Crippen LogP) is 2.20. The number of aliphatic hydroxyl groups is 2. The Balaban J connectivity index is 1.53. The lowest BCUT2D eigenvalue weighted by atomic mass is 9.45. The molecule has 4 aliphatic carbocycles. The minimum Gasteiger partial charge on any atom is -0.481 e. The lowest BCUT2D eigenvalue weighted by molar-refractivity contribution is -0.184. The summed E-state index contributed by atoms with van der Waals surface area (Å²) in [6, 6.07) is 0. The lowest BCUT2D eigenvalue weighted by Crippen LogP contribution is -2.62. The summed E-state index contributed by atoms with van der Waals surface area (Å²) in [5.41, 5.74) is -1.68. The Morgan fingerprint density at radius 1 is 1.12 bits per heavy atom. The maximum atomic E-state index is 13.1. The van der Waals surface area contributed by atoms with Crippen LogP contribution in [0, 0.1) is 28.6 Å². The summed E-state index contributed by atoms with van der Waals surface area (Å²) in [6.07, 6.45) is 4.30. The second-order valence-electron chi connectivity index (χ2n) is 11.0. The van der Waals surface area contributed by atoms with Gasteiger partial charge in [0, 0.05) is 11.8 Å². The van der Waals surface area contributed by atoms with Crippen LogP contribution >= 0.6 is 0 Å². The first-order valence-electron chi connectivity index (χ1n) is 12.0. The molecule has 0 aromatic rings. The van der Waals surface area contributed by atoms with Gasteiger partial charge in [0.25, 0.3) is 0 Å². The number of Topliss-reactive ketones (excluding diaryl/α,β-unsaturated/α-hetero) is 1. The number of aliphatic carboxylic acids is 1. The van der Waals surface area contributed by atoms with Crippen molar-refractivity contribution < 1.29 is 39.2 Å². The lowest BCUT2D eigenvalue weighted by Gasteiger charge is -2.60. The highest BCUT2D eigenvalue weighted by atomic mass is 16.5. The fraction of sp³-hybridized carbons (Fsp3) is 0.760. The molecule has 7 atom stereocenters. The molecule has 4 aliphatic rings. The number of ether oxygens (including phenoxy) is 1.